The zero-order valence-corrected chi connectivity index (χ0v) is 17.2. The van der Waals surface area contributed by atoms with Crippen molar-refractivity contribution in [1.82, 2.24) is 4.72 Å². The predicted octanol–water partition coefficient (Wildman–Crippen LogP) is 3.52. The van der Waals surface area contributed by atoms with Crippen molar-refractivity contribution in [2.24, 2.45) is 0 Å². The maximum Gasteiger partial charge on any atom is 0.240 e. The number of anilines is 1. The fraction of sp³-hybridized carbons (Fsp3) is 0.429. The van der Waals surface area contributed by atoms with Gasteiger partial charge in [-0.15, -0.1) is 0 Å². The van der Waals surface area contributed by atoms with Crippen molar-refractivity contribution >= 4 is 15.7 Å². The number of methoxy groups -OCH3 is 1. The first-order valence-electron chi connectivity index (χ1n) is 9.64. The van der Waals surface area contributed by atoms with Gasteiger partial charge in [-0.05, 0) is 61.1 Å². The van der Waals surface area contributed by atoms with Gasteiger partial charge >= 0.3 is 0 Å². The average Bonchev–Trinajstić information content (AvgIpc) is 2.68. The molecule has 0 atom stereocenters. The maximum atomic E-state index is 13.8. The highest BCUT2D eigenvalue weighted by Crippen LogP contribution is 2.28. The molecule has 28 heavy (non-hydrogen) atoms. The first-order valence-corrected chi connectivity index (χ1v) is 11.1. The summed E-state index contributed by atoms with van der Waals surface area (Å²) >= 11 is 0. The minimum atomic E-state index is -3.77. The highest BCUT2D eigenvalue weighted by molar-refractivity contribution is 7.89. The van der Waals surface area contributed by atoms with Crippen LogP contribution < -0.4 is 14.4 Å². The second kappa shape index (κ2) is 8.92. The molecule has 0 amide bonds. The van der Waals surface area contributed by atoms with Gasteiger partial charge in [0, 0.05) is 25.3 Å². The summed E-state index contributed by atoms with van der Waals surface area (Å²) in [7, 11) is -2.43. The Morgan fingerprint density at radius 3 is 2.75 bits per heavy atom. The lowest BCUT2D eigenvalue weighted by atomic mass is 9.98. The number of sulfonamides is 1. The molecule has 0 saturated carbocycles. The molecule has 0 bridgehead atoms. The zero-order valence-electron chi connectivity index (χ0n) is 16.4. The van der Waals surface area contributed by atoms with Gasteiger partial charge in [0.05, 0.1) is 12.0 Å². The largest absolute Gasteiger partial charge is 0.494 e. The molecule has 1 aliphatic rings. The lowest BCUT2D eigenvalue weighted by molar-refractivity contribution is 0.385. The van der Waals surface area contributed by atoms with Gasteiger partial charge in [0.25, 0.3) is 0 Å². The smallest absolute Gasteiger partial charge is 0.240 e. The summed E-state index contributed by atoms with van der Waals surface area (Å²) < 4.78 is 46.0. The fourth-order valence-corrected chi connectivity index (χ4v) is 4.66. The van der Waals surface area contributed by atoms with Crippen LogP contribution in [0.5, 0.6) is 5.75 Å². The maximum absolute atomic E-state index is 13.8. The molecule has 1 heterocycles. The number of hydrogen-bond acceptors (Lipinski definition) is 4. The molecule has 1 aliphatic heterocycles. The Balaban J connectivity index is 1.64. The van der Waals surface area contributed by atoms with Crippen LogP contribution >= 0.6 is 0 Å². The molecular formula is C21H27FN2O3S. The SMILES string of the molecule is CCCN1CCCc2cc(CCNS(=O)(=O)c3ccc(OC)c(F)c3)ccc21. The molecular weight excluding hydrogens is 379 g/mol. The Morgan fingerprint density at radius 2 is 2.04 bits per heavy atom. The number of rotatable bonds is 8. The zero-order chi connectivity index (χ0) is 20.1. The first kappa shape index (κ1) is 20.6. The van der Waals surface area contributed by atoms with Crippen molar-refractivity contribution in [3.8, 4) is 5.75 Å². The van der Waals surface area contributed by atoms with Crippen LogP contribution in [-0.4, -0.2) is 35.2 Å². The minimum absolute atomic E-state index is 0.0186. The number of nitrogens with zero attached hydrogens (tertiary/aromatic N) is 1. The number of halogens is 1. The summed E-state index contributed by atoms with van der Waals surface area (Å²) in [6.45, 7) is 4.60. The van der Waals surface area contributed by atoms with E-state index in [4.69, 9.17) is 4.74 Å². The Kier molecular flexibility index (Phi) is 6.57. The van der Waals surface area contributed by atoms with Crippen LogP contribution in [0.2, 0.25) is 0 Å². The summed E-state index contributed by atoms with van der Waals surface area (Å²) in [5.41, 5.74) is 3.73. The molecule has 0 radical (unpaired) electrons. The van der Waals surface area contributed by atoms with Crippen LogP contribution in [0, 0.1) is 5.82 Å². The van der Waals surface area contributed by atoms with Crippen molar-refractivity contribution in [1.29, 1.82) is 0 Å². The number of nitrogens with one attached hydrogen (secondary N) is 1. The Labute approximate surface area is 166 Å². The number of benzene rings is 2. The highest BCUT2D eigenvalue weighted by atomic mass is 32.2. The van der Waals surface area contributed by atoms with Crippen LogP contribution in [0.15, 0.2) is 41.3 Å². The average molecular weight is 407 g/mol. The van der Waals surface area contributed by atoms with Gasteiger partial charge in [-0.2, -0.15) is 0 Å². The molecule has 2 aromatic carbocycles. The van der Waals surface area contributed by atoms with E-state index in [2.05, 4.69) is 34.7 Å². The molecule has 7 heteroatoms. The molecule has 152 valence electrons. The minimum Gasteiger partial charge on any atom is -0.494 e. The van der Waals surface area contributed by atoms with Crippen LogP contribution in [0.1, 0.15) is 30.9 Å². The Morgan fingerprint density at radius 1 is 1.21 bits per heavy atom. The van der Waals surface area contributed by atoms with Gasteiger partial charge in [-0.1, -0.05) is 19.1 Å². The van der Waals surface area contributed by atoms with E-state index in [0.29, 0.717) is 6.42 Å². The molecule has 0 aromatic heterocycles. The van der Waals surface area contributed by atoms with Crippen LogP contribution in [0.4, 0.5) is 10.1 Å². The van der Waals surface area contributed by atoms with E-state index < -0.39 is 15.8 Å². The van der Waals surface area contributed by atoms with E-state index in [1.165, 1.54) is 30.5 Å². The van der Waals surface area contributed by atoms with Crippen molar-refractivity contribution < 1.29 is 17.5 Å². The normalized spacial score (nSPS) is 14.0. The van der Waals surface area contributed by atoms with E-state index in [9.17, 15) is 12.8 Å². The van der Waals surface area contributed by atoms with Crippen LogP contribution in [-0.2, 0) is 22.9 Å². The highest BCUT2D eigenvalue weighted by Gasteiger charge is 2.18. The Bertz CT molecular complexity index is 931. The third kappa shape index (κ3) is 4.64. The molecule has 3 rings (SSSR count). The van der Waals surface area contributed by atoms with Gasteiger partial charge < -0.3 is 9.64 Å². The number of fused-ring (bicyclic) bond motifs is 1. The van der Waals surface area contributed by atoms with E-state index in [-0.39, 0.29) is 17.2 Å². The molecule has 1 N–H and O–H groups in total. The third-order valence-electron chi connectivity index (χ3n) is 4.99. The topological polar surface area (TPSA) is 58.6 Å². The molecule has 0 spiro atoms. The number of aryl methyl sites for hydroxylation is 1. The molecule has 0 unspecified atom stereocenters. The summed E-state index contributed by atoms with van der Waals surface area (Å²) in [5.74, 6) is -0.679. The second-order valence-electron chi connectivity index (χ2n) is 7.00. The molecule has 0 saturated heterocycles. The monoisotopic (exact) mass is 406 g/mol. The lowest BCUT2D eigenvalue weighted by Crippen LogP contribution is -2.30. The van der Waals surface area contributed by atoms with Crippen molar-refractivity contribution in [3.05, 3.63) is 53.3 Å². The van der Waals surface area contributed by atoms with E-state index in [1.54, 1.807) is 0 Å². The molecule has 0 aliphatic carbocycles. The fourth-order valence-electron chi connectivity index (χ4n) is 3.61. The van der Waals surface area contributed by atoms with E-state index in [1.807, 2.05) is 0 Å². The van der Waals surface area contributed by atoms with Gasteiger partial charge in [0.15, 0.2) is 11.6 Å². The summed E-state index contributed by atoms with van der Waals surface area (Å²) in [4.78, 5) is 2.32. The van der Waals surface area contributed by atoms with Crippen LogP contribution in [0.25, 0.3) is 0 Å². The summed E-state index contributed by atoms with van der Waals surface area (Å²) in [6.07, 6.45) is 3.90. The first-order chi connectivity index (χ1) is 13.4. The number of hydrogen-bond donors (Lipinski definition) is 1. The van der Waals surface area contributed by atoms with Crippen molar-refractivity contribution in [3.63, 3.8) is 0 Å². The molecule has 2 aromatic rings. The summed E-state index contributed by atoms with van der Waals surface area (Å²) in [5, 5.41) is 0. The van der Waals surface area contributed by atoms with Crippen LogP contribution in [0.3, 0.4) is 0 Å². The van der Waals surface area contributed by atoms with Crippen molar-refractivity contribution in [2.45, 2.75) is 37.5 Å². The third-order valence-corrected chi connectivity index (χ3v) is 6.45. The van der Waals surface area contributed by atoms with E-state index in [0.717, 1.165) is 44.0 Å². The van der Waals surface area contributed by atoms with Gasteiger partial charge in [0.2, 0.25) is 10.0 Å². The lowest BCUT2D eigenvalue weighted by Gasteiger charge is -2.31. The predicted molar refractivity (Wildman–Crippen MR) is 109 cm³/mol. The summed E-state index contributed by atoms with van der Waals surface area (Å²) in [6, 6.07) is 10.0. The Hall–Kier alpha value is -2.12. The number of ether oxygens (including phenoxy) is 1. The molecule has 0 fully saturated rings. The van der Waals surface area contributed by atoms with Crippen molar-refractivity contribution in [2.75, 3.05) is 31.6 Å². The quantitative estimate of drug-likeness (QED) is 0.729. The van der Waals surface area contributed by atoms with E-state index >= 15 is 0 Å². The van der Waals surface area contributed by atoms with Gasteiger partial charge in [-0.3, -0.25) is 0 Å². The van der Waals surface area contributed by atoms with Gasteiger partial charge in [-0.25, -0.2) is 17.5 Å². The second-order valence-corrected chi connectivity index (χ2v) is 8.76. The molecule has 5 nitrogen and oxygen atoms in total. The standard InChI is InChI=1S/C21H27FN2O3S/c1-3-12-24-13-4-5-17-14-16(6-8-20(17)24)10-11-23-28(25,26)18-7-9-21(27-2)19(22)15-18/h6-9,14-15,23H,3-5,10-13H2,1-2H3. The van der Waals surface area contributed by atoms with Gasteiger partial charge in [0.1, 0.15) is 0 Å².